The van der Waals surface area contributed by atoms with Gasteiger partial charge < -0.3 is 15.4 Å². The SMILES string of the molecule is NC(=O)OC[C@@H]1C[C@@H]2CN(c3ccc(-c4ccc(F)cc4)cn3)C[C@@H]2C1. The fourth-order valence-electron chi connectivity index (χ4n) is 4.33. The molecule has 1 saturated carbocycles. The van der Waals surface area contributed by atoms with Crippen molar-refractivity contribution >= 4 is 11.9 Å². The number of nitrogens with zero attached hydrogens (tertiary/aromatic N) is 2. The van der Waals surface area contributed by atoms with Gasteiger partial charge in [0.05, 0.1) is 6.61 Å². The van der Waals surface area contributed by atoms with E-state index >= 15 is 0 Å². The summed E-state index contributed by atoms with van der Waals surface area (Å²) in [4.78, 5) is 17.7. The third-order valence-corrected chi connectivity index (χ3v) is 5.56. The predicted octanol–water partition coefficient (Wildman–Crippen LogP) is 3.45. The molecular weight excluding hydrogens is 333 g/mol. The van der Waals surface area contributed by atoms with Crippen LogP contribution in [0.1, 0.15) is 12.8 Å². The highest BCUT2D eigenvalue weighted by Gasteiger charge is 2.41. The molecule has 2 heterocycles. The van der Waals surface area contributed by atoms with Gasteiger partial charge in [0.2, 0.25) is 0 Å². The van der Waals surface area contributed by atoms with Crippen molar-refractivity contribution in [1.82, 2.24) is 4.98 Å². The van der Waals surface area contributed by atoms with E-state index in [1.165, 1.54) is 12.1 Å². The van der Waals surface area contributed by atoms with Gasteiger partial charge in [0.15, 0.2) is 0 Å². The van der Waals surface area contributed by atoms with Crippen LogP contribution in [-0.2, 0) is 4.74 Å². The molecule has 1 aliphatic carbocycles. The molecule has 2 aromatic rings. The third-order valence-electron chi connectivity index (χ3n) is 5.56. The molecular formula is C20H22FN3O2. The Morgan fingerprint density at radius 2 is 1.77 bits per heavy atom. The van der Waals surface area contributed by atoms with Crippen LogP contribution in [0.3, 0.4) is 0 Å². The standard InChI is InChI=1S/C20H22FN3O2/c21-18-4-1-14(2-5-18)15-3-6-19(23-9-15)24-10-16-7-13(8-17(16)11-24)12-26-20(22)25/h1-6,9,13,16-17H,7-8,10-12H2,(H2,22,25)/t13-,16-,17+. The van der Waals surface area contributed by atoms with Crippen LogP contribution in [-0.4, -0.2) is 30.8 Å². The topological polar surface area (TPSA) is 68.5 Å². The van der Waals surface area contributed by atoms with E-state index in [2.05, 4.69) is 9.88 Å². The summed E-state index contributed by atoms with van der Waals surface area (Å²) in [5, 5.41) is 0. The van der Waals surface area contributed by atoms with E-state index in [-0.39, 0.29) is 5.82 Å². The number of amides is 1. The highest BCUT2D eigenvalue weighted by Crippen LogP contribution is 2.42. The molecule has 1 aromatic heterocycles. The summed E-state index contributed by atoms with van der Waals surface area (Å²) in [6, 6.07) is 10.5. The van der Waals surface area contributed by atoms with Gasteiger partial charge in [-0.1, -0.05) is 12.1 Å². The summed E-state index contributed by atoms with van der Waals surface area (Å²) in [6.07, 6.45) is 3.30. The lowest BCUT2D eigenvalue weighted by atomic mass is 10.0. The first kappa shape index (κ1) is 16.8. The first-order chi connectivity index (χ1) is 12.6. The number of nitrogens with two attached hydrogens (primary N) is 1. The third kappa shape index (κ3) is 3.49. The van der Waals surface area contributed by atoms with Crippen LogP contribution in [0, 0.1) is 23.6 Å². The van der Waals surface area contributed by atoms with E-state index in [0.717, 1.165) is 42.9 Å². The number of halogens is 1. The Labute approximate surface area is 152 Å². The first-order valence-corrected chi connectivity index (χ1v) is 8.97. The van der Waals surface area contributed by atoms with Gasteiger partial charge in [-0.3, -0.25) is 0 Å². The molecule has 6 heteroatoms. The number of carbonyl (C=O) groups is 1. The Morgan fingerprint density at radius 1 is 1.12 bits per heavy atom. The highest BCUT2D eigenvalue weighted by molar-refractivity contribution is 5.64. The quantitative estimate of drug-likeness (QED) is 0.912. The summed E-state index contributed by atoms with van der Waals surface area (Å²) < 4.78 is 18.0. The van der Waals surface area contributed by atoms with E-state index in [4.69, 9.17) is 10.5 Å². The lowest BCUT2D eigenvalue weighted by Crippen LogP contribution is -2.24. The van der Waals surface area contributed by atoms with Crippen molar-refractivity contribution in [2.45, 2.75) is 12.8 Å². The Hall–Kier alpha value is -2.63. The zero-order valence-electron chi connectivity index (χ0n) is 14.5. The second-order valence-corrected chi connectivity index (χ2v) is 7.30. The van der Waals surface area contributed by atoms with Crippen molar-refractivity contribution in [2.75, 3.05) is 24.6 Å². The smallest absolute Gasteiger partial charge is 0.404 e. The van der Waals surface area contributed by atoms with Gasteiger partial charge in [-0.15, -0.1) is 0 Å². The number of hydrogen-bond acceptors (Lipinski definition) is 4. The normalized spacial score (nSPS) is 24.5. The van der Waals surface area contributed by atoms with Crippen molar-refractivity contribution in [3.05, 3.63) is 48.4 Å². The van der Waals surface area contributed by atoms with Crippen molar-refractivity contribution in [3.63, 3.8) is 0 Å². The monoisotopic (exact) mass is 355 g/mol. The number of hydrogen-bond donors (Lipinski definition) is 1. The minimum absolute atomic E-state index is 0.235. The molecule has 1 aromatic carbocycles. The summed E-state index contributed by atoms with van der Waals surface area (Å²) in [5.74, 6) is 2.41. The molecule has 4 rings (SSSR count). The molecule has 0 spiro atoms. The minimum atomic E-state index is -0.686. The molecule has 0 bridgehead atoms. The molecule has 2 aliphatic rings. The number of fused-ring (bicyclic) bond motifs is 1. The molecule has 1 aliphatic heterocycles. The van der Waals surface area contributed by atoms with E-state index in [9.17, 15) is 9.18 Å². The molecule has 0 radical (unpaired) electrons. The minimum Gasteiger partial charge on any atom is -0.449 e. The number of benzene rings is 1. The van der Waals surface area contributed by atoms with Crippen LogP contribution in [0.15, 0.2) is 42.6 Å². The summed E-state index contributed by atoms with van der Waals surface area (Å²) in [7, 11) is 0. The first-order valence-electron chi connectivity index (χ1n) is 8.97. The number of aromatic nitrogens is 1. The lowest BCUT2D eigenvalue weighted by molar-refractivity contribution is 0.135. The Bertz CT molecular complexity index is 765. The Balaban J connectivity index is 1.37. The maximum atomic E-state index is 13.0. The van der Waals surface area contributed by atoms with Gasteiger partial charge in [-0.2, -0.15) is 0 Å². The van der Waals surface area contributed by atoms with Crippen molar-refractivity contribution in [3.8, 4) is 11.1 Å². The second kappa shape index (κ2) is 6.94. The van der Waals surface area contributed by atoms with Crippen LogP contribution in [0.25, 0.3) is 11.1 Å². The van der Waals surface area contributed by atoms with Crippen molar-refractivity contribution in [2.24, 2.45) is 23.5 Å². The largest absolute Gasteiger partial charge is 0.449 e. The van der Waals surface area contributed by atoms with Crippen LogP contribution in [0.5, 0.6) is 0 Å². The fourth-order valence-corrected chi connectivity index (χ4v) is 4.33. The molecule has 1 amide bonds. The van der Waals surface area contributed by atoms with Crippen LogP contribution in [0.2, 0.25) is 0 Å². The van der Waals surface area contributed by atoms with E-state index in [0.29, 0.717) is 24.4 Å². The second-order valence-electron chi connectivity index (χ2n) is 7.30. The molecule has 0 unspecified atom stereocenters. The molecule has 5 nitrogen and oxygen atoms in total. The van der Waals surface area contributed by atoms with Gasteiger partial charge in [0.25, 0.3) is 0 Å². The molecule has 3 atom stereocenters. The molecule has 26 heavy (non-hydrogen) atoms. The van der Waals surface area contributed by atoms with Gasteiger partial charge in [0.1, 0.15) is 11.6 Å². The maximum Gasteiger partial charge on any atom is 0.404 e. The Morgan fingerprint density at radius 3 is 2.35 bits per heavy atom. The summed E-state index contributed by atoms with van der Waals surface area (Å²) in [6.45, 7) is 2.41. The van der Waals surface area contributed by atoms with Crippen LogP contribution < -0.4 is 10.6 Å². The predicted molar refractivity (Wildman–Crippen MR) is 97.1 cm³/mol. The summed E-state index contributed by atoms with van der Waals surface area (Å²) >= 11 is 0. The Kier molecular flexibility index (Phi) is 4.49. The number of pyridine rings is 1. The molecule has 1 saturated heterocycles. The van der Waals surface area contributed by atoms with Crippen LogP contribution in [0.4, 0.5) is 15.0 Å². The average molecular weight is 355 g/mol. The highest BCUT2D eigenvalue weighted by atomic mass is 19.1. The van der Waals surface area contributed by atoms with Crippen LogP contribution >= 0.6 is 0 Å². The van der Waals surface area contributed by atoms with Gasteiger partial charge in [-0.05, 0) is 60.4 Å². The summed E-state index contributed by atoms with van der Waals surface area (Å²) in [5.41, 5.74) is 6.99. The van der Waals surface area contributed by atoms with Gasteiger partial charge in [-0.25, -0.2) is 14.2 Å². The number of carbonyl (C=O) groups excluding carboxylic acids is 1. The molecule has 2 N–H and O–H groups in total. The molecule has 136 valence electrons. The average Bonchev–Trinajstić information content (AvgIpc) is 3.19. The van der Waals surface area contributed by atoms with Crippen molar-refractivity contribution < 1.29 is 13.9 Å². The number of anilines is 1. The number of ether oxygens (including phenoxy) is 1. The number of rotatable bonds is 4. The van der Waals surface area contributed by atoms with Crippen molar-refractivity contribution in [1.29, 1.82) is 0 Å². The number of primary amides is 1. The lowest BCUT2D eigenvalue weighted by Gasteiger charge is -2.20. The van der Waals surface area contributed by atoms with Gasteiger partial charge >= 0.3 is 6.09 Å². The zero-order chi connectivity index (χ0) is 18.1. The van der Waals surface area contributed by atoms with E-state index < -0.39 is 6.09 Å². The molecule has 2 fully saturated rings. The van der Waals surface area contributed by atoms with E-state index in [1.807, 2.05) is 18.3 Å². The fraction of sp³-hybridized carbons (Fsp3) is 0.400. The van der Waals surface area contributed by atoms with E-state index in [1.54, 1.807) is 12.1 Å². The van der Waals surface area contributed by atoms with Gasteiger partial charge in [0, 0.05) is 24.8 Å². The maximum absolute atomic E-state index is 13.0. The zero-order valence-corrected chi connectivity index (χ0v) is 14.5.